The quantitative estimate of drug-likeness (QED) is 0.297. The Morgan fingerprint density at radius 1 is 1.07 bits per heavy atom. The molecule has 3 nitrogen and oxygen atoms in total. The Morgan fingerprint density at radius 3 is 2.61 bits per heavy atom. The van der Waals surface area contributed by atoms with E-state index in [1.165, 1.54) is 11.6 Å². The third kappa shape index (κ3) is 4.90. The van der Waals surface area contributed by atoms with Crippen molar-refractivity contribution < 1.29 is 13.9 Å². The van der Waals surface area contributed by atoms with Crippen LogP contribution in [0.15, 0.2) is 59.6 Å². The molecule has 0 fully saturated rings. The Hall–Kier alpha value is -2.41. The fourth-order valence-electron chi connectivity index (χ4n) is 2.72. The zero-order chi connectivity index (χ0) is 20.1. The maximum atomic E-state index is 13.8. The van der Waals surface area contributed by atoms with Crippen LogP contribution >= 0.6 is 22.6 Å². The molecule has 144 valence electrons. The molecule has 3 aromatic rings. The van der Waals surface area contributed by atoms with Crippen LogP contribution in [0.5, 0.6) is 11.5 Å². The van der Waals surface area contributed by atoms with Crippen molar-refractivity contribution in [3.05, 3.63) is 86.2 Å². The van der Waals surface area contributed by atoms with E-state index >= 15 is 0 Å². The first-order valence-electron chi connectivity index (χ1n) is 8.83. The second kappa shape index (κ2) is 9.19. The lowest BCUT2D eigenvalue weighted by atomic mass is 10.1. The molecule has 0 aliphatic carbocycles. The minimum absolute atomic E-state index is 0.134. The fourth-order valence-corrected chi connectivity index (χ4v) is 3.50. The second-order valence-electron chi connectivity index (χ2n) is 6.46. The molecule has 0 heterocycles. The molecule has 0 amide bonds. The third-order valence-electron chi connectivity index (χ3n) is 4.30. The first-order valence-corrected chi connectivity index (χ1v) is 9.91. The minimum Gasteiger partial charge on any atom is -0.493 e. The Morgan fingerprint density at radius 2 is 1.86 bits per heavy atom. The van der Waals surface area contributed by atoms with Gasteiger partial charge < -0.3 is 9.47 Å². The summed E-state index contributed by atoms with van der Waals surface area (Å²) >= 11 is 2.19. The Balaban J connectivity index is 1.84. The average molecular weight is 489 g/mol. The molecule has 0 aliphatic heterocycles. The summed E-state index contributed by atoms with van der Waals surface area (Å²) < 4.78 is 26.1. The average Bonchev–Trinajstić information content (AvgIpc) is 2.68. The first-order chi connectivity index (χ1) is 13.5. The van der Waals surface area contributed by atoms with Gasteiger partial charge in [-0.05, 0) is 77.4 Å². The summed E-state index contributed by atoms with van der Waals surface area (Å²) in [5.41, 5.74) is 4.63. The van der Waals surface area contributed by atoms with Crippen molar-refractivity contribution in [3.8, 4) is 11.5 Å². The standard InChI is InChI=1S/C23H21FINO2/c1-15-8-9-16(2)21(10-15)26-13-17-11-20(25)23(22(12-17)27-3)28-14-18-6-4-5-7-19(18)24/h4-13H,14H2,1-3H3. The van der Waals surface area contributed by atoms with Gasteiger partial charge in [-0.1, -0.05) is 30.3 Å². The van der Waals surface area contributed by atoms with E-state index in [0.717, 1.165) is 20.4 Å². The van der Waals surface area contributed by atoms with E-state index in [9.17, 15) is 4.39 Å². The van der Waals surface area contributed by atoms with Crippen molar-refractivity contribution in [2.75, 3.05) is 7.11 Å². The number of aliphatic imine (C=N–C) groups is 1. The van der Waals surface area contributed by atoms with Gasteiger partial charge in [0.1, 0.15) is 12.4 Å². The lowest BCUT2D eigenvalue weighted by Crippen LogP contribution is -2.02. The molecule has 3 rings (SSSR count). The van der Waals surface area contributed by atoms with Gasteiger partial charge in [-0.25, -0.2) is 4.39 Å². The van der Waals surface area contributed by atoms with E-state index in [2.05, 4.69) is 45.8 Å². The molecule has 0 N–H and O–H groups in total. The van der Waals surface area contributed by atoms with E-state index < -0.39 is 0 Å². The van der Waals surface area contributed by atoms with Gasteiger partial charge in [0.15, 0.2) is 11.5 Å². The van der Waals surface area contributed by atoms with Crippen LogP contribution in [-0.2, 0) is 6.61 Å². The number of methoxy groups -OCH3 is 1. The molecule has 5 heteroatoms. The summed E-state index contributed by atoms with van der Waals surface area (Å²) in [5.74, 6) is 0.898. The summed E-state index contributed by atoms with van der Waals surface area (Å²) in [6.45, 7) is 4.22. The van der Waals surface area contributed by atoms with E-state index in [4.69, 9.17) is 9.47 Å². The van der Waals surface area contributed by atoms with Crippen LogP contribution in [0.2, 0.25) is 0 Å². The lowest BCUT2D eigenvalue weighted by Gasteiger charge is -2.14. The van der Waals surface area contributed by atoms with Crippen molar-refractivity contribution in [1.29, 1.82) is 0 Å². The molecule has 0 unspecified atom stereocenters. The van der Waals surface area contributed by atoms with Crippen LogP contribution in [0.4, 0.5) is 10.1 Å². The van der Waals surface area contributed by atoms with Gasteiger partial charge in [0.25, 0.3) is 0 Å². The van der Waals surface area contributed by atoms with Gasteiger partial charge in [-0.3, -0.25) is 4.99 Å². The molecule has 0 radical (unpaired) electrons. The van der Waals surface area contributed by atoms with Gasteiger partial charge >= 0.3 is 0 Å². The summed E-state index contributed by atoms with van der Waals surface area (Å²) in [4.78, 5) is 4.61. The van der Waals surface area contributed by atoms with Crippen LogP contribution in [0.25, 0.3) is 0 Å². The van der Waals surface area contributed by atoms with Crippen LogP contribution in [0.1, 0.15) is 22.3 Å². The van der Waals surface area contributed by atoms with E-state index in [0.29, 0.717) is 17.1 Å². The molecular weight excluding hydrogens is 468 g/mol. The number of hydrogen-bond acceptors (Lipinski definition) is 3. The maximum Gasteiger partial charge on any atom is 0.174 e. The number of rotatable bonds is 6. The van der Waals surface area contributed by atoms with Crippen LogP contribution in [-0.4, -0.2) is 13.3 Å². The number of hydrogen-bond donors (Lipinski definition) is 0. The third-order valence-corrected chi connectivity index (χ3v) is 5.10. The fraction of sp³-hybridized carbons (Fsp3) is 0.174. The second-order valence-corrected chi connectivity index (χ2v) is 7.62. The van der Waals surface area contributed by atoms with Crippen LogP contribution < -0.4 is 9.47 Å². The normalized spacial score (nSPS) is 11.0. The molecule has 0 saturated heterocycles. The molecule has 0 aromatic heterocycles. The van der Waals surface area contributed by atoms with Crippen molar-refractivity contribution in [3.63, 3.8) is 0 Å². The highest BCUT2D eigenvalue weighted by Gasteiger charge is 2.12. The molecule has 3 aromatic carbocycles. The molecule has 0 aliphatic rings. The predicted molar refractivity (Wildman–Crippen MR) is 120 cm³/mol. The monoisotopic (exact) mass is 489 g/mol. The topological polar surface area (TPSA) is 30.8 Å². The number of halogens is 2. The highest BCUT2D eigenvalue weighted by Crippen LogP contribution is 2.34. The highest BCUT2D eigenvalue weighted by atomic mass is 127. The van der Waals surface area contributed by atoms with Gasteiger partial charge in [-0.15, -0.1) is 0 Å². The predicted octanol–water partition coefficient (Wildman–Crippen LogP) is 6.39. The highest BCUT2D eigenvalue weighted by molar-refractivity contribution is 14.1. The summed E-state index contributed by atoms with van der Waals surface area (Å²) in [5, 5.41) is 0. The van der Waals surface area contributed by atoms with Gasteiger partial charge in [0.05, 0.1) is 16.4 Å². The van der Waals surface area contributed by atoms with Crippen LogP contribution in [0, 0.1) is 23.2 Å². The van der Waals surface area contributed by atoms with E-state index in [-0.39, 0.29) is 12.4 Å². The van der Waals surface area contributed by atoms with Gasteiger partial charge in [0, 0.05) is 11.8 Å². The first kappa shape index (κ1) is 20.3. The van der Waals surface area contributed by atoms with Crippen molar-refractivity contribution >= 4 is 34.5 Å². The maximum absolute atomic E-state index is 13.8. The van der Waals surface area contributed by atoms with Crippen molar-refractivity contribution in [2.24, 2.45) is 4.99 Å². The molecular formula is C23H21FINO2. The van der Waals surface area contributed by atoms with Gasteiger partial charge in [-0.2, -0.15) is 0 Å². The molecule has 0 spiro atoms. The Kier molecular flexibility index (Phi) is 6.67. The van der Waals surface area contributed by atoms with Crippen LogP contribution in [0.3, 0.4) is 0 Å². The largest absolute Gasteiger partial charge is 0.493 e. The summed E-state index contributed by atoms with van der Waals surface area (Å²) in [7, 11) is 1.59. The van der Waals surface area contributed by atoms with Crippen molar-refractivity contribution in [1.82, 2.24) is 0 Å². The molecule has 0 saturated carbocycles. The summed E-state index contributed by atoms with van der Waals surface area (Å²) in [6, 6.07) is 16.6. The summed E-state index contributed by atoms with van der Waals surface area (Å²) in [6.07, 6.45) is 1.81. The smallest absolute Gasteiger partial charge is 0.174 e. The number of ether oxygens (including phenoxy) is 2. The lowest BCUT2D eigenvalue weighted by molar-refractivity contribution is 0.277. The number of aryl methyl sites for hydroxylation is 2. The number of benzene rings is 3. The van der Waals surface area contributed by atoms with E-state index in [1.54, 1.807) is 25.3 Å². The Labute approximate surface area is 178 Å². The van der Waals surface area contributed by atoms with E-state index in [1.807, 2.05) is 32.2 Å². The minimum atomic E-state index is -0.284. The zero-order valence-corrected chi connectivity index (χ0v) is 18.2. The zero-order valence-electron chi connectivity index (χ0n) is 16.0. The van der Waals surface area contributed by atoms with Gasteiger partial charge in [0.2, 0.25) is 0 Å². The number of nitrogens with zero attached hydrogens (tertiary/aromatic N) is 1. The molecule has 0 bridgehead atoms. The SMILES string of the molecule is COc1cc(C=Nc2cc(C)ccc2C)cc(I)c1OCc1ccccc1F. The van der Waals surface area contributed by atoms with Crippen molar-refractivity contribution in [2.45, 2.75) is 20.5 Å². The molecule has 28 heavy (non-hydrogen) atoms. The molecule has 0 atom stereocenters. The Bertz CT molecular complexity index is 1020.